The molecule has 11 aromatic carbocycles. The van der Waals surface area contributed by atoms with Crippen LogP contribution in [0.2, 0.25) is 0 Å². The molecule has 0 bridgehead atoms. The maximum absolute atomic E-state index is 2.59. The van der Waals surface area contributed by atoms with Crippen molar-refractivity contribution in [2.75, 3.05) is 4.90 Å². The van der Waals surface area contributed by atoms with Crippen molar-refractivity contribution in [1.29, 1.82) is 0 Å². The first kappa shape index (κ1) is 40.5. The van der Waals surface area contributed by atoms with Crippen molar-refractivity contribution in [2.24, 2.45) is 0 Å². The highest BCUT2D eigenvalue weighted by Crippen LogP contribution is 2.43. The van der Waals surface area contributed by atoms with E-state index in [9.17, 15) is 0 Å². The molecule has 13 rings (SSSR count). The summed E-state index contributed by atoms with van der Waals surface area (Å²) in [6, 6.07) is 103. The van der Waals surface area contributed by atoms with E-state index >= 15 is 0 Å². The molecule has 13 aromatic rings. The van der Waals surface area contributed by atoms with Gasteiger partial charge in [-0.2, -0.15) is 0 Å². The SMILES string of the molecule is c1ccc(-c2ccc(N(c3ccc(-c4ccc(-c5ccc([Si](c6ccccc6)(c6ccccc6)c6ccccc6)cc5)cc4)cc3)c3ccc4c5cccc6c7ccccc7n(c4c3)c65)cc2)cc1. The Morgan fingerprint density at radius 3 is 1.09 bits per heavy atom. The number of rotatable bonds is 10. The Hall–Kier alpha value is -8.76. The zero-order valence-electron chi connectivity index (χ0n) is 38.0. The van der Waals surface area contributed by atoms with Gasteiger partial charge in [0.2, 0.25) is 0 Å². The molecule has 0 saturated carbocycles. The largest absolute Gasteiger partial charge is 0.310 e. The Morgan fingerprint density at radius 2 is 0.594 bits per heavy atom. The fraction of sp³-hybridized carbons (Fsp3) is 0. The molecule has 0 saturated heterocycles. The van der Waals surface area contributed by atoms with E-state index in [0.717, 1.165) is 17.1 Å². The zero-order chi connectivity index (χ0) is 45.7. The predicted molar refractivity (Wildman–Crippen MR) is 296 cm³/mol. The maximum atomic E-state index is 2.46. The lowest BCUT2D eigenvalue weighted by Crippen LogP contribution is -2.74. The van der Waals surface area contributed by atoms with Gasteiger partial charge in [0.25, 0.3) is 0 Å². The molecule has 2 aromatic heterocycles. The molecule has 0 aliphatic heterocycles. The van der Waals surface area contributed by atoms with E-state index in [4.69, 9.17) is 0 Å². The van der Waals surface area contributed by atoms with E-state index in [1.165, 1.54) is 92.2 Å². The van der Waals surface area contributed by atoms with Crippen LogP contribution in [0.4, 0.5) is 17.1 Å². The number of para-hydroxylation sites is 2. The lowest BCUT2D eigenvalue weighted by molar-refractivity contribution is 1.28. The average molecular weight is 895 g/mol. The number of nitrogens with zero attached hydrogens (tertiary/aromatic N) is 2. The molecule has 3 heteroatoms. The van der Waals surface area contributed by atoms with Crippen LogP contribution in [0.15, 0.2) is 279 Å². The average Bonchev–Trinajstić information content (AvgIpc) is 3.96. The molecule has 0 unspecified atom stereocenters. The molecule has 0 aliphatic rings. The minimum Gasteiger partial charge on any atom is -0.310 e. The van der Waals surface area contributed by atoms with Gasteiger partial charge in [-0.15, -0.1) is 0 Å². The van der Waals surface area contributed by atoms with Crippen molar-refractivity contribution in [3.05, 3.63) is 279 Å². The molecule has 0 radical (unpaired) electrons. The summed E-state index contributed by atoms with van der Waals surface area (Å²) in [4.78, 5) is 2.39. The van der Waals surface area contributed by atoms with Crippen LogP contribution in [-0.2, 0) is 0 Å². The monoisotopic (exact) mass is 894 g/mol. The van der Waals surface area contributed by atoms with Crippen LogP contribution < -0.4 is 25.6 Å². The minimum atomic E-state index is -2.59. The second kappa shape index (κ2) is 16.8. The molecule has 69 heavy (non-hydrogen) atoms. The lowest BCUT2D eigenvalue weighted by atomic mass is 10.00. The summed E-state index contributed by atoms with van der Waals surface area (Å²) in [5, 5.41) is 10.6. The second-order valence-electron chi connectivity index (χ2n) is 18.1. The number of hydrogen-bond acceptors (Lipinski definition) is 1. The minimum absolute atomic E-state index is 1.10. The number of benzene rings is 11. The van der Waals surface area contributed by atoms with Crippen molar-refractivity contribution < 1.29 is 0 Å². The van der Waals surface area contributed by atoms with Gasteiger partial charge in [-0.1, -0.05) is 237 Å². The molecule has 0 aliphatic carbocycles. The highest BCUT2D eigenvalue weighted by Gasteiger charge is 2.41. The lowest BCUT2D eigenvalue weighted by Gasteiger charge is -2.34. The summed E-state index contributed by atoms with van der Waals surface area (Å²) in [7, 11) is -2.59. The van der Waals surface area contributed by atoms with Crippen molar-refractivity contribution in [2.45, 2.75) is 0 Å². The van der Waals surface area contributed by atoms with E-state index in [1.807, 2.05) is 0 Å². The van der Waals surface area contributed by atoms with Gasteiger partial charge in [0.05, 0.1) is 16.6 Å². The molecular formula is C66H46N2Si. The molecule has 0 amide bonds. The van der Waals surface area contributed by atoms with Crippen LogP contribution in [0.25, 0.3) is 71.5 Å². The van der Waals surface area contributed by atoms with Gasteiger partial charge in [-0.05, 0) is 96.6 Å². The standard InChI is InChI=1S/C66H46N2Si/c1-5-16-47(17-6-1)50-32-38-53(39-33-50)67(55-42-45-61-63-26-15-25-62-60-24-13-14-27-64(60)68(66(62)63)65(61)46-55)54-40-34-51(35-41-54)48-28-30-49(31-29-48)52-36-43-59(44-37-52)69(56-18-7-2-8-19-56,57-20-9-3-10-21-57)58-22-11-4-12-23-58/h1-46H. The third-order valence-electron chi connectivity index (χ3n) is 14.3. The summed E-state index contributed by atoms with van der Waals surface area (Å²) in [6.45, 7) is 0. The molecule has 0 N–H and O–H groups in total. The Balaban J connectivity index is 0.849. The number of hydrogen-bond donors (Lipinski definition) is 0. The summed E-state index contributed by atoms with van der Waals surface area (Å²) < 4.78 is 2.46. The van der Waals surface area contributed by atoms with Gasteiger partial charge >= 0.3 is 0 Å². The predicted octanol–water partition coefficient (Wildman–Crippen LogP) is 14.7. The Bertz CT molecular complexity index is 3790. The summed E-state index contributed by atoms with van der Waals surface area (Å²) in [6.07, 6.45) is 0. The van der Waals surface area contributed by atoms with Gasteiger partial charge in [0.15, 0.2) is 8.07 Å². The number of aromatic nitrogens is 1. The van der Waals surface area contributed by atoms with Gasteiger partial charge in [-0.25, -0.2) is 0 Å². The van der Waals surface area contributed by atoms with Crippen LogP contribution in [0.1, 0.15) is 0 Å². The first-order valence-corrected chi connectivity index (χ1v) is 25.8. The van der Waals surface area contributed by atoms with E-state index in [-0.39, 0.29) is 0 Å². The van der Waals surface area contributed by atoms with E-state index in [2.05, 4.69) is 288 Å². The molecule has 0 fully saturated rings. The topological polar surface area (TPSA) is 7.65 Å². The van der Waals surface area contributed by atoms with E-state index in [1.54, 1.807) is 0 Å². The van der Waals surface area contributed by atoms with Crippen molar-refractivity contribution in [1.82, 2.24) is 4.40 Å². The summed E-state index contributed by atoms with van der Waals surface area (Å²) in [5.41, 5.74) is 14.2. The first-order chi connectivity index (χ1) is 34.2. The Morgan fingerprint density at radius 1 is 0.246 bits per heavy atom. The third-order valence-corrected chi connectivity index (χ3v) is 19.1. The first-order valence-electron chi connectivity index (χ1n) is 23.8. The smallest absolute Gasteiger partial charge is 0.179 e. The van der Waals surface area contributed by atoms with Crippen molar-refractivity contribution in [3.8, 4) is 33.4 Å². The molecule has 2 nitrogen and oxygen atoms in total. The molecule has 324 valence electrons. The number of fused-ring (bicyclic) bond motifs is 6. The van der Waals surface area contributed by atoms with Gasteiger partial charge in [0, 0.05) is 38.6 Å². The molecule has 0 atom stereocenters. The van der Waals surface area contributed by atoms with Crippen molar-refractivity contribution >= 4 is 84.0 Å². The highest BCUT2D eigenvalue weighted by molar-refractivity contribution is 7.19. The van der Waals surface area contributed by atoms with Gasteiger partial charge in [0.1, 0.15) is 0 Å². The van der Waals surface area contributed by atoms with Gasteiger partial charge < -0.3 is 9.30 Å². The fourth-order valence-electron chi connectivity index (χ4n) is 11.1. The van der Waals surface area contributed by atoms with Crippen molar-refractivity contribution in [3.63, 3.8) is 0 Å². The molecular weight excluding hydrogens is 849 g/mol. The van der Waals surface area contributed by atoms with Crippen LogP contribution in [0, 0.1) is 0 Å². The highest BCUT2D eigenvalue weighted by atomic mass is 28.3. The van der Waals surface area contributed by atoms with Crippen LogP contribution in [0.3, 0.4) is 0 Å². The third kappa shape index (κ3) is 6.78. The summed E-state index contributed by atoms with van der Waals surface area (Å²) >= 11 is 0. The Kier molecular flexibility index (Phi) is 9.88. The normalized spacial score (nSPS) is 11.8. The van der Waals surface area contributed by atoms with E-state index < -0.39 is 8.07 Å². The van der Waals surface area contributed by atoms with Crippen LogP contribution in [-0.4, -0.2) is 12.5 Å². The van der Waals surface area contributed by atoms with Gasteiger partial charge in [-0.3, -0.25) is 0 Å². The molecule has 0 spiro atoms. The Labute approximate surface area is 403 Å². The maximum Gasteiger partial charge on any atom is 0.179 e. The number of anilines is 3. The second-order valence-corrected chi connectivity index (χ2v) is 21.9. The quantitative estimate of drug-likeness (QED) is 0.0980. The molecule has 2 heterocycles. The zero-order valence-corrected chi connectivity index (χ0v) is 39.0. The fourth-order valence-corrected chi connectivity index (χ4v) is 15.8. The van der Waals surface area contributed by atoms with E-state index in [0.29, 0.717) is 0 Å². The van der Waals surface area contributed by atoms with Crippen LogP contribution >= 0.6 is 0 Å². The summed E-state index contributed by atoms with van der Waals surface area (Å²) in [5.74, 6) is 0. The van der Waals surface area contributed by atoms with Crippen LogP contribution in [0.5, 0.6) is 0 Å².